The number of rotatable bonds is 1. The summed E-state index contributed by atoms with van der Waals surface area (Å²) in [6.07, 6.45) is 2.19. The molecule has 8 heavy (non-hydrogen) atoms. The SMILES string of the molecule is O=[N+]([O-])[Si]1CCCC1. The van der Waals surface area contributed by atoms with E-state index in [1.807, 2.05) is 0 Å². The van der Waals surface area contributed by atoms with Gasteiger partial charge in [0.1, 0.15) is 0 Å². The zero-order chi connectivity index (χ0) is 5.98. The standard InChI is InChI=1S/C4H8NO2Si/c6-5(7)8-3-1-2-4-8/h1-4H2. The Morgan fingerprint density at radius 2 is 1.88 bits per heavy atom. The maximum absolute atomic E-state index is 10.1. The molecule has 0 aliphatic carbocycles. The van der Waals surface area contributed by atoms with Crippen LogP contribution in [0, 0.1) is 10.1 Å². The van der Waals surface area contributed by atoms with Gasteiger partial charge < -0.3 is 0 Å². The summed E-state index contributed by atoms with van der Waals surface area (Å²) in [5, 5.41) is 10.1. The van der Waals surface area contributed by atoms with Crippen LogP contribution in [-0.2, 0) is 0 Å². The van der Waals surface area contributed by atoms with Crippen molar-refractivity contribution in [1.82, 2.24) is 0 Å². The summed E-state index contributed by atoms with van der Waals surface area (Å²) in [5.74, 6) is 0. The number of nitrogens with zero attached hydrogens (tertiary/aromatic N) is 1. The Balaban J connectivity index is 2.35. The lowest BCUT2D eigenvalue weighted by molar-refractivity contribution is -0.331. The van der Waals surface area contributed by atoms with E-state index < -0.39 is 8.96 Å². The molecule has 0 amide bonds. The molecule has 0 aromatic carbocycles. The van der Waals surface area contributed by atoms with Gasteiger partial charge in [0.25, 0.3) is 0 Å². The second-order valence-electron chi connectivity index (χ2n) is 2.03. The van der Waals surface area contributed by atoms with Gasteiger partial charge in [-0.2, -0.15) is 0 Å². The van der Waals surface area contributed by atoms with Gasteiger partial charge in [0.05, 0.1) is 0 Å². The third-order valence-electron chi connectivity index (χ3n) is 1.44. The predicted molar refractivity (Wildman–Crippen MR) is 31.6 cm³/mol. The quantitative estimate of drug-likeness (QED) is 0.302. The first-order chi connectivity index (χ1) is 3.80. The largest absolute Gasteiger partial charge is 0.487 e. The Kier molecular flexibility index (Phi) is 1.62. The zero-order valence-electron chi connectivity index (χ0n) is 4.59. The molecule has 3 nitrogen and oxygen atoms in total. The van der Waals surface area contributed by atoms with Crippen LogP contribution in [0.15, 0.2) is 0 Å². The Labute approximate surface area is 49.5 Å². The van der Waals surface area contributed by atoms with Gasteiger partial charge in [0, 0.05) is 12.1 Å². The van der Waals surface area contributed by atoms with Crippen molar-refractivity contribution < 1.29 is 4.59 Å². The van der Waals surface area contributed by atoms with E-state index in [9.17, 15) is 10.1 Å². The summed E-state index contributed by atoms with van der Waals surface area (Å²) in [7, 11) is -1.11. The van der Waals surface area contributed by atoms with Crippen LogP contribution < -0.4 is 0 Å². The monoisotopic (exact) mass is 130 g/mol. The van der Waals surface area contributed by atoms with Gasteiger partial charge in [0.2, 0.25) is 0 Å². The Bertz CT molecular complexity index is 100. The van der Waals surface area contributed by atoms with Crippen molar-refractivity contribution in [3.63, 3.8) is 0 Å². The van der Waals surface area contributed by atoms with E-state index in [0.29, 0.717) is 0 Å². The first-order valence-corrected chi connectivity index (χ1v) is 4.66. The molecule has 0 bridgehead atoms. The highest BCUT2D eigenvalue weighted by molar-refractivity contribution is 6.50. The molecule has 0 atom stereocenters. The van der Waals surface area contributed by atoms with Gasteiger partial charge in [-0.25, -0.2) is 0 Å². The van der Waals surface area contributed by atoms with Crippen LogP contribution in [0.1, 0.15) is 12.8 Å². The molecule has 1 heterocycles. The second kappa shape index (κ2) is 2.26. The summed E-state index contributed by atoms with van der Waals surface area (Å²) in [5.41, 5.74) is 0. The van der Waals surface area contributed by atoms with Crippen LogP contribution >= 0.6 is 0 Å². The molecule has 0 aromatic rings. The minimum Gasteiger partial charge on any atom is -0.289 e. The van der Waals surface area contributed by atoms with Gasteiger partial charge in [-0.1, -0.05) is 4.59 Å². The molecular weight excluding hydrogens is 122 g/mol. The predicted octanol–water partition coefficient (Wildman–Crippen LogP) is 1.05. The van der Waals surface area contributed by atoms with Crippen LogP contribution in [0.3, 0.4) is 0 Å². The van der Waals surface area contributed by atoms with Crippen LogP contribution in [-0.4, -0.2) is 13.5 Å². The Hall–Kier alpha value is -0.383. The first-order valence-electron chi connectivity index (χ1n) is 2.80. The molecule has 0 unspecified atom stereocenters. The smallest absolute Gasteiger partial charge is 0.289 e. The molecule has 4 heteroatoms. The lowest BCUT2D eigenvalue weighted by Gasteiger charge is -1.90. The zero-order valence-corrected chi connectivity index (χ0v) is 5.59. The molecule has 1 rings (SSSR count). The van der Waals surface area contributed by atoms with E-state index in [1.165, 1.54) is 0 Å². The van der Waals surface area contributed by atoms with Crippen LogP contribution in [0.4, 0.5) is 0 Å². The molecule has 0 N–H and O–H groups in total. The highest BCUT2D eigenvalue weighted by atomic mass is 28.3. The normalized spacial score (nSPS) is 21.5. The van der Waals surface area contributed by atoms with E-state index >= 15 is 0 Å². The molecule has 1 aliphatic rings. The highest BCUT2D eigenvalue weighted by Gasteiger charge is 2.32. The molecule has 0 saturated carbocycles. The summed E-state index contributed by atoms with van der Waals surface area (Å²) >= 11 is 0. The van der Waals surface area contributed by atoms with Crippen molar-refractivity contribution >= 4 is 8.96 Å². The molecule has 0 aromatic heterocycles. The average Bonchev–Trinajstić information content (AvgIpc) is 2.12. The summed E-state index contributed by atoms with van der Waals surface area (Å²) in [4.78, 5) is 10.1. The maximum atomic E-state index is 10.1. The maximum Gasteiger partial charge on any atom is 0.487 e. The first kappa shape index (κ1) is 5.75. The molecule has 1 saturated heterocycles. The Morgan fingerprint density at radius 3 is 2.12 bits per heavy atom. The fraction of sp³-hybridized carbons (Fsp3) is 1.00. The van der Waals surface area contributed by atoms with Crippen LogP contribution in [0.25, 0.3) is 0 Å². The average molecular weight is 130 g/mol. The molecule has 45 valence electrons. The van der Waals surface area contributed by atoms with E-state index in [2.05, 4.69) is 0 Å². The topological polar surface area (TPSA) is 43.1 Å². The molecule has 1 radical (unpaired) electrons. The van der Waals surface area contributed by atoms with E-state index in [4.69, 9.17) is 0 Å². The van der Waals surface area contributed by atoms with E-state index in [-0.39, 0.29) is 4.59 Å². The van der Waals surface area contributed by atoms with Crippen molar-refractivity contribution in [2.45, 2.75) is 24.9 Å². The van der Waals surface area contributed by atoms with Gasteiger partial charge >= 0.3 is 8.96 Å². The van der Waals surface area contributed by atoms with Crippen molar-refractivity contribution in [3.8, 4) is 0 Å². The summed E-state index contributed by atoms with van der Waals surface area (Å²) in [6.45, 7) is 0. The summed E-state index contributed by atoms with van der Waals surface area (Å²) in [6, 6.07) is 1.80. The number of hydrogen-bond donors (Lipinski definition) is 0. The third-order valence-corrected chi connectivity index (χ3v) is 3.82. The Morgan fingerprint density at radius 1 is 1.38 bits per heavy atom. The summed E-state index contributed by atoms with van der Waals surface area (Å²) < 4.78 is -0.0579. The van der Waals surface area contributed by atoms with E-state index in [1.54, 1.807) is 0 Å². The van der Waals surface area contributed by atoms with Gasteiger partial charge in [-0.05, 0) is 12.8 Å². The number of nitro groups is 1. The third kappa shape index (κ3) is 1.06. The minimum absolute atomic E-state index is 0.0579. The molecule has 0 spiro atoms. The fourth-order valence-electron chi connectivity index (χ4n) is 0.966. The van der Waals surface area contributed by atoms with Gasteiger partial charge in [-0.15, -0.1) is 0 Å². The van der Waals surface area contributed by atoms with Crippen molar-refractivity contribution in [1.29, 1.82) is 0 Å². The number of hydrogen-bond acceptors (Lipinski definition) is 2. The van der Waals surface area contributed by atoms with Gasteiger partial charge in [-0.3, -0.25) is 10.1 Å². The van der Waals surface area contributed by atoms with Crippen molar-refractivity contribution in [2.24, 2.45) is 0 Å². The lowest BCUT2D eigenvalue weighted by Crippen LogP contribution is -2.19. The highest BCUT2D eigenvalue weighted by Crippen LogP contribution is 2.18. The van der Waals surface area contributed by atoms with Gasteiger partial charge in [0.15, 0.2) is 0 Å². The van der Waals surface area contributed by atoms with E-state index in [0.717, 1.165) is 24.9 Å². The molecular formula is C4H8NO2Si. The lowest BCUT2D eigenvalue weighted by atomic mass is 10.4. The van der Waals surface area contributed by atoms with Crippen molar-refractivity contribution in [2.75, 3.05) is 0 Å². The minimum atomic E-state index is -1.11. The van der Waals surface area contributed by atoms with Crippen LogP contribution in [0.2, 0.25) is 12.1 Å². The second-order valence-corrected chi connectivity index (χ2v) is 4.53. The van der Waals surface area contributed by atoms with Crippen LogP contribution in [0.5, 0.6) is 0 Å². The molecule has 1 aliphatic heterocycles. The fourth-order valence-corrected chi connectivity index (χ4v) is 2.90. The molecule has 1 fully saturated rings. The van der Waals surface area contributed by atoms with Crippen molar-refractivity contribution in [3.05, 3.63) is 10.1 Å².